The summed E-state index contributed by atoms with van der Waals surface area (Å²) in [4.78, 5) is 22.3. The highest BCUT2D eigenvalue weighted by Crippen LogP contribution is 2.15. The second kappa shape index (κ2) is 5.45. The van der Waals surface area contributed by atoms with Gasteiger partial charge in [-0.2, -0.15) is 0 Å². The van der Waals surface area contributed by atoms with Gasteiger partial charge >= 0.3 is 5.97 Å². The number of aryl methyl sites for hydroxylation is 1. The van der Waals surface area contributed by atoms with Gasteiger partial charge in [0.2, 0.25) is 0 Å². The lowest BCUT2D eigenvalue weighted by Gasteiger charge is -2.09. The topological polar surface area (TPSA) is 54.4 Å². The van der Waals surface area contributed by atoms with Crippen LogP contribution in [0.3, 0.4) is 0 Å². The summed E-state index contributed by atoms with van der Waals surface area (Å²) in [6.07, 6.45) is 0.328. The van der Waals surface area contributed by atoms with Crippen LogP contribution in [0.25, 0.3) is 0 Å². The van der Waals surface area contributed by atoms with Gasteiger partial charge in [0.1, 0.15) is 0 Å². The largest absolute Gasteiger partial charge is 0.481 e. The molecule has 1 N–H and O–H groups in total. The predicted octanol–water partition coefficient (Wildman–Crippen LogP) is 2.68. The maximum absolute atomic E-state index is 11.9. The summed E-state index contributed by atoms with van der Waals surface area (Å²) in [6, 6.07) is 7.37. The lowest BCUT2D eigenvalue weighted by Crippen LogP contribution is -2.11. The van der Waals surface area contributed by atoms with Crippen LogP contribution in [0.5, 0.6) is 0 Å². The van der Waals surface area contributed by atoms with Gasteiger partial charge in [0.25, 0.3) is 0 Å². The predicted molar refractivity (Wildman–Crippen MR) is 61.5 cm³/mol. The fraction of sp³-hybridized carbons (Fsp3) is 0.385. The van der Waals surface area contributed by atoms with Crippen LogP contribution in [0, 0.1) is 12.8 Å². The number of carbonyl (C=O) groups excluding carboxylic acids is 1. The van der Waals surface area contributed by atoms with E-state index in [2.05, 4.69) is 0 Å². The number of carboxylic acids is 1. The van der Waals surface area contributed by atoms with Crippen molar-refractivity contribution in [3.63, 3.8) is 0 Å². The van der Waals surface area contributed by atoms with Crippen LogP contribution in [-0.4, -0.2) is 16.9 Å². The molecule has 0 spiro atoms. The zero-order valence-electron chi connectivity index (χ0n) is 9.56. The van der Waals surface area contributed by atoms with E-state index in [0.717, 1.165) is 5.56 Å². The monoisotopic (exact) mass is 220 g/mol. The van der Waals surface area contributed by atoms with E-state index in [9.17, 15) is 9.59 Å². The van der Waals surface area contributed by atoms with Crippen LogP contribution in [0.4, 0.5) is 0 Å². The second-order valence-electron chi connectivity index (χ2n) is 4.15. The van der Waals surface area contributed by atoms with Crippen molar-refractivity contribution in [2.24, 2.45) is 5.92 Å². The van der Waals surface area contributed by atoms with Gasteiger partial charge in [-0.15, -0.1) is 0 Å². The van der Waals surface area contributed by atoms with Crippen LogP contribution in [0.15, 0.2) is 24.3 Å². The summed E-state index contributed by atoms with van der Waals surface area (Å²) >= 11 is 0. The molecule has 0 aromatic heterocycles. The summed E-state index contributed by atoms with van der Waals surface area (Å²) in [5, 5.41) is 8.61. The molecule has 0 aliphatic heterocycles. The molecular formula is C13H16O3. The number of carbonyl (C=O) groups is 2. The highest BCUT2D eigenvalue weighted by molar-refractivity contribution is 5.97. The molecule has 0 aliphatic rings. The molecule has 1 aromatic carbocycles. The normalized spacial score (nSPS) is 12.1. The van der Waals surface area contributed by atoms with Crippen LogP contribution >= 0.6 is 0 Å². The zero-order chi connectivity index (χ0) is 12.1. The number of Topliss-reactive ketones (excluding diaryl/α,β-unsaturated/α-hetero) is 1. The molecule has 3 heteroatoms. The average molecular weight is 220 g/mol. The third-order valence-electron chi connectivity index (χ3n) is 2.50. The number of rotatable bonds is 5. The van der Waals surface area contributed by atoms with Crippen molar-refractivity contribution >= 4 is 11.8 Å². The fourth-order valence-corrected chi connectivity index (χ4v) is 1.68. The van der Waals surface area contributed by atoms with E-state index in [4.69, 9.17) is 5.11 Å². The summed E-state index contributed by atoms with van der Waals surface area (Å²) in [6.45, 7) is 3.67. The van der Waals surface area contributed by atoms with Gasteiger partial charge in [-0.05, 0) is 18.4 Å². The quantitative estimate of drug-likeness (QED) is 0.776. The van der Waals surface area contributed by atoms with Crippen molar-refractivity contribution in [1.29, 1.82) is 0 Å². The number of carboxylic acid groups (broad SMARTS) is 1. The van der Waals surface area contributed by atoms with Crippen LogP contribution in [0.2, 0.25) is 0 Å². The van der Waals surface area contributed by atoms with Crippen molar-refractivity contribution in [1.82, 2.24) is 0 Å². The second-order valence-corrected chi connectivity index (χ2v) is 4.15. The number of hydrogen-bond acceptors (Lipinski definition) is 2. The molecular weight excluding hydrogens is 204 g/mol. The summed E-state index contributed by atoms with van der Waals surface area (Å²) in [5.41, 5.74) is 1.63. The molecule has 3 nitrogen and oxygen atoms in total. The van der Waals surface area contributed by atoms with Gasteiger partial charge in [-0.1, -0.05) is 31.2 Å². The maximum atomic E-state index is 11.9. The Hall–Kier alpha value is -1.64. The maximum Gasteiger partial charge on any atom is 0.303 e. The number of hydrogen-bond donors (Lipinski definition) is 1. The van der Waals surface area contributed by atoms with Crippen LogP contribution in [0.1, 0.15) is 35.7 Å². The van der Waals surface area contributed by atoms with E-state index in [0.29, 0.717) is 5.56 Å². The minimum atomic E-state index is -0.856. The number of benzene rings is 1. The van der Waals surface area contributed by atoms with Gasteiger partial charge in [-0.25, -0.2) is 0 Å². The first-order valence-corrected chi connectivity index (χ1v) is 5.31. The van der Waals surface area contributed by atoms with E-state index in [1.165, 1.54) is 0 Å². The van der Waals surface area contributed by atoms with Crippen molar-refractivity contribution in [2.45, 2.75) is 26.7 Å². The lowest BCUT2D eigenvalue weighted by atomic mass is 9.95. The first kappa shape index (κ1) is 12.4. The molecule has 0 aliphatic carbocycles. The Labute approximate surface area is 95.1 Å². The highest BCUT2D eigenvalue weighted by atomic mass is 16.4. The molecule has 0 amide bonds. The van der Waals surface area contributed by atoms with E-state index in [1.54, 1.807) is 13.0 Å². The van der Waals surface area contributed by atoms with E-state index < -0.39 is 5.97 Å². The zero-order valence-corrected chi connectivity index (χ0v) is 9.56. The van der Waals surface area contributed by atoms with Gasteiger partial charge in [0, 0.05) is 18.4 Å². The van der Waals surface area contributed by atoms with Gasteiger partial charge in [0.15, 0.2) is 5.78 Å². The Morgan fingerprint density at radius 3 is 2.44 bits per heavy atom. The fourth-order valence-electron chi connectivity index (χ4n) is 1.68. The standard InChI is InChI=1S/C13H16O3/c1-9(8-13(15)16)7-12(14)11-6-4-3-5-10(11)2/h3-6,9H,7-8H2,1-2H3,(H,15,16)/t9-/m0/s1. The average Bonchev–Trinajstić information content (AvgIpc) is 2.16. The Bertz CT molecular complexity index is 396. The molecule has 1 atom stereocenters. The third kappa shape index (κ3) is 3.50. The minimum Gasteiger partial charge on any atom is -0.481 e. The SMILES string of the molecule is Cc1ccccc1C(=O)C[C@H](C)CC(=O)O. The molecule has 0 saturated heterocycles. The summed E-state index contributed by atoms with van der Waals surface area (Å²) in [7, 11) is 0. The van der Waals surface area contributed by atoms with Crippen molar-refractivity contribution in [3.8, 4) is 0 Å². The molecule has 86 valence electrons. The molecule has 0 radical (unpaired) electrons. The molecule has 0 unspecified atom stereocenters. The Morgan fingerprint density at radius 2 is 1.88 bits per heavy atom. The van der Waals surface area contributed by atoms with Crippen LogP contribution in [-0.2, 0) is 4.79 Å². The summed E-state index contributed by atoms with van der Waals surface area (Å²) in [5.74, 6) is -0.957. The molecule has 16 heavy (non-hydrogen) atoms. The number of ketones is 1. The molecule has 0 heterocycles. The first-order valence-electron chi connectivity index (χ1n) is 5.31. The third-order valence-corrected chi connectivity index (χ3v) is 2.50. The van der Waals surface area contributed by atoms with Crippen molar-refractivity contribution in [3.05, 3.63) is 35.4 Å². The number of aliphatic carboxylic acids is 1. The van der Waals surface area contributed by atoms with Crippen LogP contribution < -0.4 is 0 Å². The Balaban J connectivity index is 2.66. The molecule has 1 aromatic rings. The minimum absolute atomic E-state index is 0.0202. The molecule has 0 bridgehead atoms. The highest BCUT2D eigenvalue weighted by Gasteiger charge is 2.15. The van der Waals surface area contributed by atoms with Gasteiger partial charge < -0.3 is 5.11 Å². The Morgan fingerprint density at radius 1 is 1.25 bits per heavy atom. The van der Waals surface area contributed by atoms with E-state index in [1.807, 2.05) is 25.1 Å². The first-order chi connectivity index (χ1) is 7.50. The summed E-state index contributed by atoms with van der Waals surface area (Å²) < 4.78 is 0. The Kier molecular flexibility index (Phi) is 4.23. The van der Waals surface area contributed by atoms with Gasteiger partial charge in [-0.3, -0.25) is 9.59 Å². The lowest BCUT2D eigenvalue weighted by molar-refractivity contribution is -0.137. The van der Waals surface area contributed by atoms with Crippen molar-refractivity contribution in [2.75, 3.05) is 0 Å². The molecule has 1 rings (SSSR count). The van der Waals surface area contributed by atoms with E-state index in [-0.39, 0.29) is 24.5 Å². The molecule has 0 saturated carbocycles. The smallest absolute Gasteiger partial charge is 0.303 e. The molecule has 0 fully saturated rings. The van der Waals surface area contributed by atoms with Crippen molar-refractivity contribution < 1.29 is 14.7 Å². The van der Waals surface area contributed by atoms with Gasteiger partial charge in [0.05, 0.1) is 0 Å². The van der Waals surface area contributed by atoms with E-state index >= 15 is 0 Å².